The van der Waals surface area contributed by atoms with Gasteiger partial charge in [0.25, 0.3) is 11.9 Å². The number of hydrogen-bond donors (Lipinski definition) is 1. The molecule has 0 saturated carbocycles. The number of anilines is 1. The van der Waals surface area contributed by atoms with Gasteiger partial charge in [-0.3, -0.25) is 4.79 Å². The molecule has 0 unspecified atom stereocenters. The summed E-state index contributed by atoms with van der Waals surface area (Å²) in [5.41, 5.74) is 8.03. The third-order valence-electron chi connectivity index (χ3n) is 3.41. The van der Waals surface area contributed by atoms with E-state index in [1.807, 2.05) is 31.2 Å². The zero-order valence-corrected chi connectivity index (χ0v) is 10.7. The molecule has 5 nitrogen and oxygen atoms in total. The van der Waals surface area contributed by atoms with Crippen LogP contribution in [-0.2, 0) is 13.0 Å². The number of hydrogen-bond acceptors (Lipinski definition) is 4. The molecule has 1 aromatic carbocycles. The van der Waals surface area contributed by atoms with E-state index in [2.05, 4.69) is 4.98 Å². The Morgan fingerprint density at radius 1 is 1.42 bits per heavy atom. The van der Waals surface area contributed by atoms with Crippen LogP contribution in [0.2, 0.25) is 0 Å². The summed E-state index contributed by atoms with van der Waals surface area (Å²) in [4.78, 5) is 18.4. The summed E-state index contributed by atoms with van der Waals surface area (Å²) < 4.78 is 5.29. The van der Waals surface area contributed by atoms with Gasteiger partial charge in [-0.25, -0.2) is 0 Å². The molecule has 0 fully saturated rings. The molecule has 1 aliphatic heterocycles. The van der Waals surface area contributed by atoms with E-state index in [0.29, 0.717) is 19.5 Å². The highest BCUT2D eigenvalue weighted by molar-refractivity contribution is 5.95. The predicted molar refractivity (Wildman–Crippen MR) is 70.5 cm³/mol. The maximum absolute atomic E-state index is 12.5. The van der Waals surface area contributed by atoms with E-state index in [1.165, 1.54) is 0 Å². The third kappa shape index (κ3) is 2.07. The molecule has 0 atom stereocenters. The Hall–Kier alpha value is -2.30. The van der Waals surface area contributed by atoms with Gasteiger partial charge in [0.15, 0.2) is 0 Å². The Labute approximate surface area is 111 Å². The Bertz CT molecular complexity index is 633. The smallest absolute Gasteiger partial charge is 0.292 e. The Morgan fingerprint density at radius 3 is 3.00 bits per heavy atom. The molecule has 0 aliphatic carbocycles. The minimum Gasteiger partial charge on any atom is -0.428 e. The zero-order chi connectivity index (χ0) is 13.4. The molecule has 98 valence electrons. The number of nitrogens with zero attached hydrogens (tertiary/aromatic N) is 2. The van der Waals surface area contributed by atoms with Gasteiger partial charge in [-0.1, -0.05) is 18.2 Å². The van der Waals surface area contributed by atoms with Crippen LogP contribution in [0.15, 0.2) is 28.7 Å². The lowest BCUT2D eigenvalue weighted by Crippen LogP contribution is -2.36. The number of oxazole rings is 1. The molecule has 0 radical (unpaired) electrons. The largest absolute Gasteiger partial charge is 0.428 e. The Morgan fingerprint density at radius 2 is 2.21 bits per heavy atom. The van der Waals surface area contributed by atoms with Gasteiger partial charge in [-0.05, 0) is 18.6 Å². The molecule has 0 spiro atoms. The van der Waals surface area contributed by atoms with Crippen molar-refractivity contribution in [2.75, 3.05) is 12.3 Å². The quantitative estimate of drug-likeness (QED) is 0.845. The van der Waals surface area contributed by atoms with Gasteiger partial charge in [0.05, 0.1) is 6.54 Å². The summed E-state index contributed by atoms with van der Waals surface area (Å²) in [6.07, 6.45) is 0.664. The van der Waals surface area contributed by atoms with Gasteiger partial charge in [0.2, 0.25) is 0 Å². The molecule has 1 aromatic heterocycles. The van der Waals surface area contributed by atoms with Crippen LogP contribution in [0.25, 0.3) is 0 Å². The van der Waals surface area contributed by atoms with E-state index in [0.717, 1.165) is 22.6 Å². The SMILES string of the molecule is Cc1ccccc1C(=O)N1CCc2oc(N)nc2C1. The first kappa shape index (κ1) is 11.8. The van der Waals surface area contributed by atoms with Gasteiger partial charge in [0.1, 0.15) is 11.5 Å². The van der Waals surface area contributed by atoms with Crippen LogP contribution in [0.1, 0.15) is 27.4 Å². The van der Waals surface area contributed by atoms with Crippen molar-refractivity contribution in [1.82, 2.24) is 9.88 Å². The summed E-state index contributed by atoms with van der Waals surface area (Å²) >= 11 is 0. The molecule has 19 heavy (non-hydrogen) atoms. The fourth-order valence-corrected chi connectivity index (χ4v) is 2.38. The lowest BCUT2D eigenvalue weighted by Gasteiger charge is -2.25. The normalized spacial score (nSPS) is 14.3. The van der Waals surface area contributed by atoms with Gasteiger partial charge < -0.3 is 15.1 Å². The Kier molecular flexibility index (Phi) is 2.74. The first-order valence-corrected chi connectivity index (χ1v) is 6.24. The minimum atomic E-state index is 0.0327. The van der Waals surface area contributed by atoms with Crippen molar-refractivity contribution < 1.29 is 9.21 Å². The molecular weight excluding hydrogens is 242 g/mol. The number of benzene rings is 1. The summed E-state index contributed by atoms with van der Waals surface area (Å²) in [7, 11) is 0. The number of aryl methyl sites for hydroxylation is 1. The Balaban J connectivity index is 1.85. The monoisotopic (exact) mass is 257 g/mol. The first-order valence-electron chi connectivity index (χ1n) is 6.24. The highest BCUT2D eigenvalue weighted by atomic mass is 16.4. The average molecular weight is 257 g/mol. The molecule has 2 aromatic rings. The zero-order valence-electron chi connectivity index (χ0n) is 10.7. The van der Waals surface area contributed by atoms with Crippen LogP contribution in [0, 0.1) is 6.92 Å². The second-order valence-electron chi connectivity index (χ2n) is 4.71. The summed E-state index contributed by atoms with van der Waals surface area (Å²) in [6.45, 7) is 3.04. The van der Waals surface area contributed by atoms with Crippen LogP contribution in [0.5, 0.6) is 0 Å². The molecule has 5 heteroatoms. The number of fused-ring (bicyclic) bond motifs is 1. The van der Waals surface area contributed by atoms with Crippen molar-refractivity contribution >= 4 is 11.9 Å². The number of carbonyl (C=O) groups is 1. The van der Waals surface area contributed by atoms with Crippen LogP contribution >= 0.6 is 0 Å². The van der Waals surface area contributed by atoms with Gasteiger partial charge in [-0.2, -0.15) is 4.98 Å². The van der Waals surface area contributed by atoms with Crippen LogP contribution in [-0.4, -0.2) is 22.3 Å². The van der Waals surface area contributed by atoms with E-state index in [-0.39, 0.29) is 11.9 Å². The summed E-state index contributed by atoms with van der Waals surface area (Å²) in [5, 5.41) is 0. The van der Waals surface area contributed by atoms with Crippen molar-refractivity contribution in [2.45, 2.75) is 19.9 Å². The predicted octanol–water partition coefficient (Wildman–Crippen LogP) is 1.76. The van der Waals surface area contributed by atoms with Crippen molar-refractivity contribution in [2.24, 2.45) is 0 Å². The first-order chi connectivity index (χ1) is 9.15. The number of nitrogen functional groups attached to an aromatic ring is 1. The van der Waals surface area contributed by atoms with Crippen molar-refractivity contribution in [3.8, 4) is 0 Å². The molecular formula is C14H15N3O2. The third-order valence-corrected chi connectivity index (χ3v) is 3.41. The van der Waals surface area contributed by atoms with Crippen LogP contribution in [0.4, 0.5) is 6.01 Å². The number of aromatic nitrogens is 1. The van der Waals surface area contributed by atoms with Gasteiger partial charge >= 0.3 is 0 Å². The molecule has 0 saturated heterocycles. The van der Waals surface area contributed by atoms with Crippen molar-refractivity contribution in [3.05, 3.63) is 46.8 Å². The van der Waals surface area contributed by atoms with Crippen LogP contribution in [0.3, 0.4) is 0 Å². The molecule has 1 amide bonds. The fraction of sp³-hybridized carbons (Fsp3) is 0.286. The topological polar surface area (TPSA) is 72.4 Å². The average Bonchev–Trinajstić information content (AvgIpc) is 2.77. The lowest BCUT2D eigenvalue weighted by molar-refractivity contribution is 0.0727. The van der Waals surface area contributed by atoms with Crippen molar-refractivity contribution in [1.29, 1.82) is 0 Å². The van der Waals surface area contributed by atoms with E-state index in [4.69, 9.17) is 10.2 Å². The van der Waals surface area contributed by atoms with E-state index in [1.54, 1.807) is 4.90 Å². The minimum absolute atomic E-state index is 0.0327. The maximum atomic E-state index is 12.5. The number of carbonyl (C=O) groups excluding carboxylic acids is 1. The second-order valence-corrected chi connectivity index (χ2v) is 4.71. The van der Waals surface area contributed by atoms with E-state index >= 15 is 0 Å². The molecule has 0 bridgehead atoms. The maximum Gasteiger partial charge on any atom is 0.292 e. The van der Waals surface area contributed by atoms with Crippen molar-refractivity contribution in [3.63, 3.8) is 0 Å². The molecule has 2 N–H and O–H groups in total. The lowest BCUT2D eigenvalue weighted by atomic mass is 10.1. The number of rotatable bonds is 1. The fourth-order valence-electron chi connectivity index (χ4n) is 2.38. The highest BCUT2D eigenvalue weighted by Gasteiger charge is 2.26. The summed E-state index contributed by atoms with van der Waals surface area (Å²) in [5.74, 6) is 0.830. The molecule has 3 rings (SSSR count). The summed E-state index contributed by atoms with van der Waals surface area (Å²) in [6, 6.07) is 7.78. The van der Waals surface area contributed by atoms with Crippen LogP contribution < -0.4 is 5.73 Å². The van der Waals surface area contributed by atoms with E-state index in [9.17, 15) is 4.79 Å². The van der Waals surface area contributed by atoms with Gasteiger partial charge in [-0.15, -0.1) is 0 Å². The number of nitrogens with two attached hydrogens (primary N) is 1. The second kappa shape index (κ2) is 4.42. The highest BCUT2D eigenvalue weighted by Crippen LogP contribution is 2.22. The standard InChI is InChI=1S/C14H15N3O2/c1-9-4-2-3-5-10(9)13(18)17-7-6-12-11(8-17)16-14(15)19-12/h2-5H,6-8H2,1H3,(H2,15,16). The van der Waals surface area contributed by atoms with E-state index < -0.39 is 0 Å². The molecule has 1 aliphatic rings. The number of amides is 1. The molecule has 2 heterocycles. The van der Waals surface area contributed by atoms with Gasteiger partial charge in [0, 0.05) is 18.5 Å².